The van der Waals surface area contributed by atoms with Crippen molar-refractivity contribution < 1.29 is 18.0 Å². The molecule has 144 valence electrons. The van der Waals surface area contributed by atoms with Gasteiger partial charge < -0.3 is 10.6 Å². The quantitative estimate of drug-likeness (QED) is 0.605. The van der Waals surface area contributed by atoms with Gasteiger partial charge in [0, 0.05) is 11.9 Å². The van der Waals surface area contributed by atoms with Gasteiger partial charge in [0.1, 0.15) is 0 Å². The summed E-state index contributed by atoms with van der Waals surface area (Å²) in [5.74, 6) is -0.673. The zero-order valence-electron chi connectivity index (χ0n) is 15.3. The zero-order chi connectivity index (χ0) is 20.3. The Morgan fingerprint density at radius 2 is 1.71 bits per heavy atom. The molecule has 0 radical (unpaired) electrons. The predicted octanol–water partition coefficient (Wildman–Crippen LogP) is 5.71. The van der Waals surface area contributed by atoms with Crippen molar-refractivity contribution in [2.75, 3.05) is 10.6 Å². The maximum absolute atomic E-state index is 13.1. The molecule has 0 saturated carbocycles. The average molecular weight is 385 g/mol. The number of carbonyl (C=O) groups is 1. The number of amides is 1. The van der Waals surface area contributed by atoms with Crippen LogP contribution < -0.4 is 10.6 Å². The van der Waals surface area contributed by atoms with E-state index in [0.717, 1.165) is 22.9 Å². The van der Waals surface area contributed by atoms with Crippen molar-refractivity contribution >= 4 is 23.0 Å². The van der Waals surface area contributed by atoms with Gasteiger partial charge in [-0.3, -0.25) is 9.78 Å². The van der Waals surface area contributed by atoms with Crippen molar-refractivity contribution in [3.63, 3.8) is 0 Å². The molecule has 0 saturated heterocycles. The summed E-state index contributed by atoms with van der Waals surface area (Å²) in [5, 5.41) is 5.49. The lowest BCUT2D eigenvalue weighted by Crippen LogP contribution is -2.17. The number of hydrogen-bond donors (Lipinski definition) is 2. The van der Waals surface area contributed by atoms with Crippen molar-refractivity contribution in [2.24, 2.45) is 0 Å². The largest absolute Gasteiger partial charge is 0.418 e. The molecule has 0 spiro atoms. The summed E-state index contributed by atoms with van der Waals surface area (Å²) in [7, 11) is 0. The summed E-state index contributed by atoms with van der Waals surface area (Å²) in [6.07, 6.45) is -1.72. The summed E-state index contributed by atoms with van der Waals surface area (Å²) >= 11 is 0. The number of alkyl halides is 3. The second-order valence-corrected chi connectivity index (χ2v) is 6.40. The fourth-order valence-corrected chi connectivity index (χ4v) is 2.78. The van der Waals surface area contributed by atoms with Crippen LogP contribution in [-0.2, 0) is 6.18 Å². The van der Waals surface area contributed by atoms with E-state index >= 15 is 0 Å². The number of nitrogens with zero attached hydrogens (tertiary/aromatic N) is 1. The third kappa shape index (κ3) is 4.49. The molecule has 1 heterocycles. The van der Waals surface area contributed by atoms with Crippen molar-refractivity contribution in [1.29, 1.82) is 0 Å². The SMILES string of the molecule is Cc1ccc(Nc2cncc(C(=O)Nc3ccccc3C(F)(F)F)c2)c(C)c1. The number of pyridine rings is 1. The van der Waals surface area contributed by atoms with Crippen LogP contribution >= 0.6 is 0 Å². The number of hydrogen-bond acceptors (Lipinski definition) is 3. The maximum atomic E-state index is 13.1. The Bertz CT molecular complexity index is 1020. The maximum Gasteiger partial charge on any atom is 0.418 e. The summed E-state index contributed by atoms with van der Waals surface area (Å²) in [6.45, 7) is 3.94. The third-order valence-corrected chi connectivity index (χ3v) is 4.14. The number of anilines is 3. The molecule has 1 amide bonds. The van der Waals surface area contributed by atoms with Crippen molar-refractivity contribution in [3.8, 4) is 0 Å². The summed E-state index contributed by atoms with van der Waals surface area (Å²) < 4.78 is 39.3. The first-order valence-electron chi connectivity index (χ1n) is 8.51. The number of aromatic nitrogens is 1. The van der Waals surface area contributed by atoms with Gasteiger partial charge in [-0.25, -0.2) is 0 Å². The lowest BCUT2D eigenvalue weighted by atomic mass is 10.1. The molecule has 4 nitrogen and oxygen atoms in total. The van der Waals surface area contributed by atoms with Crippen molar-refractivity contribution in [3.05, 3.63) is 83.2 Å². The number of aryl methyl sites for hydroxylation is 2. The topological polar surface area (TPSA) is 54.0 Å². The molecule has 0 atom stereocenters. The minimum absolute atomic E-state index is 0.145. The highest BCUT2D eigenvalue weighted by molar-refractivity contribution is 6.05. The molecule has 2 aromatic carbocycles. The highest BCUT2D eigenvalue weighted by atomic mass is 19.4. The number of carbonyl (C=O) groups excluding carboxylic acids is 1. The van der Waals surface area contributed by atoms with E-state index in [4.69, 9.17) is 0 Å². The molecule has 28 heavy (non-hydrogen) atoms. The second-order valence-electron chi connectivity index (χ2n) is 6.40. The normalized spacial score (nSPS) is 11.2. The van der Waals surface area contributed by atoms with Gasteiger partial charge in [-0.2, -0.15) is 13.2 Å². The summed E-state index contributed by atoms with van der Waals surface area (Å²) in [5.41, 5.74) is 2.50. The zero-order valence-corrected chi connectivity index (χ0v) is 15.3. The van der Waals surface area contributed by atoms with Crippen LogP contribution in [0.5, 0.6) is 0 Å². The Morgan fingerprint density at radius 1 is 0.964 bits per heavy atom. The first-order valence-corrected chi connectivity index (χ1v) is 8.51. The molecular formula is C21H18F3N3O. The van der Waals surface area contributed by atoms with Crippen LogP contribution in [0.2, 0.25) is 0 Å². The minimum atomic E-state index is -4.56. The molecular weight excluding hydrogens is 367 g/mol. The van der Waals surface area contributed by atoms with Gasteiger partial charge in [0.05, 0.1) is 28.7 Å². The number of nitrogens with one attached hydrogen (secondary N) is 2. The number of benzene rings is 2. The molecule has 0 unspecified atom stereocenters. The molecule has 0 aliphatic carbocycles. The van der Waals surface area contributed by atoms with E-state index in [1.165, 1.54) is 30.5 Å². The summed E-state index contributed by atoms with van der Waals surface area (Å²) in [6, 6.07) is 12.3. The van der Waals surface area contributed by atoms with E-state index in [9.17, 15) is 18.0 Å². The van der Waals surface area contributed by atoms with Gasteiger partial charge in [0.2, 0.25) is 0 Å². The fourth-order valence-electron chi connectivity index (χ4n) is 2.78. The Balaban J connectivity index is 1.82. The van der Waals surface area contributed by atoms with Crippen LogP contribution in [0.3, 0.4) is 0 Å². The highest BCUT2D eigenvalue weighted by Gasteiger charge is 2.33. The smallest absolute Gasteiger partial charge is 0.354 e. The molecule has 2 N–H and O–H groups in total. The van der Waals surface area contributed by atoms with Gasteiger partial charge in [-0.15, -0.1) is 0 Å². The van der Waals surface area contributed by atoms with Crippen LogP contribution in [0.15, 0.2) is 60.9 Å². The van der Waals surface area contributed by atoms with E-state index in [2.05, 4.69) is 15.6 Å². The van der Waals surface area contributed by atoms with Crippen molar-refractivity contribution in [2.45, 2.75) is 20.0 Å². The highest BCUT2D eigenvalue weighted by Crippen LogP contribution is 2.34. The predicted molar refractivity (Wildman–Crippen MR) is 103 cm³/mol. The number of rotatable bonds is 4. The first kappa shape index (κ1) is 19.4. The van der Waals surface area contributed by atoms with Gasteiger partial charge in [0.15, 0.2) is 0 Å². The Kier molecular flexibility index (Phi) is 5.35. The molecule has 7 heteroatoms. The standard InChI is InChI=1S/C21H18F3N3O/c1-13-7-8-18(14(2)9-13)26-16-10-15(11-25-12-16)20(28)27-19-6-4-3-5-17(19)21(22,23)24/h3-12,26H,1-2H3,(H,27,28). The molecule has 3 rings (SSSR count). The van der Waals surface area contributed by atoms with Crippen LogP contribution in [0.25, 0.3) is 0 Å². The van der Waals surface area contributed by atoms with E-state index in [1.54, 1.807) is 6.20 Å². The molecule has 0 fully saturated rings. The third-order valence-electron chi connectivity index (χ3n) is 4.14. The van der Waals surface area contributed by atoms with Crippen LogP contribution in [0, 0.1) is 13.8 Å². The van der Waals surface area contributed by atoms with Gasteiger partial charge in [-0.1, -0.05) is 29.8 Å². The van der Waals surface area contributed by atoms with E-state index < -0.39 is 17.6 Å². The lowest BCUT2D eigenvalue weighted by molar-refractivity contribution is -0.136. The van der Waals surface area contributed by atoms with Crippen LogP contribution in [0.1, 0.15) is 27.0 Å². The Labute approximate surface area is 160 Å². The van der Waals surface area contributed by atoms with Gasteiger partial charge in [0.25, 0.3) is 5.91 Å². The summed E-state index contributed by atoms with van der Waals surface area (Å²) in [4.78, 5) is 16.5. The molecule has 1 aromatic heterocycles. The fraction of sp³-hybridized carbons (Fsp3) is 0.143. The minimum Gasteiger partial charge on any atom is -0.354 e. The molecule has 3 aromatic rings. The monoisotopic (exact) mass is 385 g/mol. The van der Waals surface area contributed by atoms with E-state index in [1.807, 2.05) is 32.0 Å². The number of halogens is 3. The van der Waals surface area contributed by atoms with Gasteiger partial charge in [-0.05, 0) is 43.7 Å². The number of para-hydroxylation sites is 1. The van der Waals surface area contributed by atoms with E-state index in [-0.39, 0.29) is 11.3 Å². The first-order chi connectivity index (χ1) is 13.2. The van der Waals surface area contributed by atoms with Crippen LogP contribution in [-0.4, -0.2) is 10.9 Å². The Morgan fingerprint density at radius 3 is 2.43 bits per heavy atom. The molecule has 0 aliphatic heterocycles. The second kappa shape index (κ2) is 7.72. The molecule has 0 bridgehead atoms. The van der Waals surface area contributed by atoms with E-state index in [0.29, 0.717) is 5.69 Å². The lowest BCUT2D eigenvalue weighted by Gasteiger charge is -2.14. The van der Waals surface area contributed by atoms with Crippen molar-refractivity contribution in [1.82, 2.24) is 4.98 Å². The Hall–Kier alpha value is -3.35. The van der Waals surface area contributed by atoms with Crippen LogP contribution in [0.4, 0.5) is 30.2 Å². The average Bonchev–Trinajstić information content (AvgIpc) is 2.64. The molecule has 0 aliphatic rings. The van der Waals surface area contributed by atoms with Gasteiger partial charge >= 0.3 is 6.18 Å².